The molecule has 2 heterocycles. The quantitative estimate of drug-likeness (QED) is 0.205. The van der Waals surface area contributed by atoms with Crippen molar-refractivity contribution in [2.45, 2.75) is 65.8 Å². The maximum atomic E-state index is 13.5. The summed E-state index contributed by atoms with van der Waals surface area (Å²) in [5.41, 5.74) is 3.81. The fourth-order valence-corrected chi connectivity index (χ4v) is 5.58. The van der Waals surface area contributed by atoms with E-state index in [1.165, 1.54) is 23.2 Å². The molecule has 0 aliphatic carbocycles. The van der Waals surface area contributed by atoms with E-state index in [-0.39, 0.29) is 25.4 Å². The van der Waals surface area contributed by atoms with E-state index in [9.17, 15) is 19.5 Å². The first-order valence-electron chi connectivity index (χ1n) is 14.4. The van der Waals surface area contributed by atoms with Crippen molar-refractivity contribution < 1.29 is 33.7 Å². The molecule has 1 aliphatic heterocycles. The normalized spacial score (nSPS) is 17.4. The lowest BCUT2D eigenvalue weighted by atomic mass is 9.85. The van der Waals surface area contributed by atoms with Gasteiger partial charge in [0.05, 0.1) is 48.6 Å². The van der Waals surface area contributed by atoms with Gasteiger partial charge < -0.3 is 34.9 Å². The molecule has 0 bridgehead atoms. The van der Waals surface area contributed by atoms with Crippen molar-refractivity contribution in [3.8, 4) is 16.2 Å². The second-order valence-corrected chi connectivity index (χ2v) is 12.4. The Labute approximate surface area is 257 Å². The molecule has 1 saturated heterocycles. The Balaban J connectivity index is 1.71. The van der Waals surface area contributed by atoms with Gasteiger partial charge in [0.2, 0.25) is 17.7 Å². The van der Waals surface area contributed by atoms with Crippen LogP contribution in [0.3, 0.4) is 0 Å². The summed E-state index contributed by atoms with van der Waals surface area (Å²) in [6.45, 7) is 14.6. The van der Waals surface area contributed by atoms with Gasteiger partial charge in [-0.05, 0) is 24.0 Å². The average Bonchev–Trinajstić information content (AvgIpc) is 3.56. The third-order valence-electron chi connectivity index (χ3n) is 6.95. The summed E-state index contributed by atoms with van der Waals surface area (Å²) in [5.74, 6) is -0.543. The highest BCUT2D eigenvalue weighted by atomic mass is 32.1. The van der Waals surface area contributed by atoms with Gasteiger partial charge >= 0.3 is 0 Å². The van der Waals surface area contributed by atoms with Crippen molar-refractivity contribution in [1.82, 2.24) is 20.5 Å². The highest BCUT2D eigenvalue weighted by Gasteiger charge is 2.44. The van der Waals surface area contributed by atoms with Crippen LogP contribution in [0.1, 0.15) is 45.4 Å². The van der Waals surface area contributed by atoms with Crippen molar-refractivity contribution in [2.24, 2.45) is 5.41 Å². The summed E-state index contributed by atoms with van der Waals surface area (Å²) in [6.07, 6.45) is 0.940. The lowest BCUT2D eigenvalue weighted by molar-refractivity contribution is -0.143. The fourth-order valence-electron chi connectivity index (χ4n) is 4.78. The molecule has 0 spiro atoms. The van der Waals surface area contributed by atoms with E-state index in [4.69, 9.17) is 14.2 Å². The number of β-amino-alcohol motifs (C(OH)–C–C–N with tert-alkyl or cyclic N) is 1. The molecule has 43 heavy (non-hydrogen) atoms. The molecular weight excluding hydrogens is 572 g/mol. The molecule has 3 atom stereocenters. The number of aliphatic hydroxyl groups excluding tert-OH is 1. The second-order valence-electron chi connectivity index (χ2n) is 11.5. The zero-order valence-corrected chi connectivity index (χ0v) is 26.5. The number of carbonyl (C=O) groups excluding carboxylic acids is 3. The van der Waals surface area contributed by atoms with Crippen LogP contribution in [0.5, 0.6) is 5.75 Å². The third-order valence-corrected chi connectivity index (χ3v) is 7.92. The first-order chi connectivity index (χ1) is 20.4. The molecule has 1 aromatic carbocycles. The van der Waals surface area contributed by atoms with Crippen LogP contribution in [0.2, 0.25) is 0 Å². The van der Waals surface area contributed by atoms with Crippen molar-refractivity contribution in [2.75, 3.05) is 39.6 Å². The maximum absolute atomic E-state index is 13.5. The van der Waals surface area contributed by atoms with E-state index in [1.54, 1.807) is 11.6 Å². The van der Waals surface area contributed by atoms with Crippen molar-refractivity contribution in [3.05, 3.63) is 47.6 Å². The Bertz CT molecular complexity index is 1260. The topological polar surface area (TPSA) is 139 Å². The van der Waals surface area contributed by atoms with E-state index >= 15 is 0 Å². The van der Waals surface area contributed by atoms with Gasteiger partial charge in [0.1, 0.15) is 24.4 Å². The number of aryl methyl sites for hydroxylation is 1. The molecule has 1 aromatic heterocycles. The van der Waals surface area contributed by atoms with E-state index in [0.29, 0.717) is 38.8 Å². The predicted octanol–water partition coefficient (Wildman–Crippen LogP) is 2.85. The minimum absolute atomic E-state index is 0.0129. The van der Waals surface area contributed by atoms with Gasteiger partial charge in [0, 0.05) is 32.0 Å². The summed E-state index contributed by atoms with van der Waals surface area (Å²) >= 11 is 1.53. The number of amides is 3. The van der Waals surface area contributed by atoms with Crippen LogP contribution in [0.25, 0.3) is 10.4 Å². The predicted molar refractivity (Wildman–Crippen MR) is 165 cm³/mol. The standard InChI is InChI=1S/C31H44N4O7S/c1-7-10-40-11-12-41-13-14-42-26-15-22(27-20(2)33-19-43-27)8-9-23(26)17-32-29(38)25-16-24(37)18-35(25)30(39)28(31(4,5)6)34-21(3)36/h7-9,15,19,24-25,28,37H,1,10-14,16-18H2,2-6H3,(H,32,38)(H,34,36). The molecule has 3 N–H and O–H groups in total. The van der Waals surface area contributed by atoms with Gasteiger partial charge in [0.15, 0.2) is 0 Å². The van der Waals surface area contributed by atoms with Crippen LogP contribution >= 0.6 is 11.3 Å². The van der Waals surface area contributed by atoms with Gasteiger partial charge in [-0.1, -0.05) is 39.0 Å². The molecule has 1 fully saturated rings. The zero-order chi connectivity index (χ0) is 31.6. The molecule has 1 aliphatic rings. The second kappa shape index (κ2) is 15.9. The molecule has 0 saturated carbocycles. The largest absolute Gasteiger partial charge is 0.491 e. The van der Waals surface area contributed by atoms with Crippen LogP contribution in [0.15, 0.2) is 36.4 Å². The van der Waals surface area contributed by atoms with Gasteiger partial charge in [-0.15, -0.1) is 17.9 Å². The molecule has 3 unspecified atom stereocenters. The smallest absolute Gasteiger partial charge is 0.246 e. The third kappa shape index (κ3) is 9.85. The number of benzene rings is 1. The minimum Gasteiger partial charge on any atom is -0.491 e. The Kier molecular flexibility index (Phi) is 12.7. The summed E-state index contributed by atoms with van der Waals surface area (Å²) < 4.78 is 17.0. The van der Waals surface area contributed by atoms with Gasteiger partial charge in [-0.2, -0.15) is 0 Å². The van der Waals surface area contributed by atoms with Crippen molar-refractivity contribution in [1.29, 1.82) is 0 Å². The average molecular weight is 617 g/mol. The van der Waals surface area contributed by atoms with Crippen LogP contribution in [-0.2, 0) is 30.4 Å². The molecular formula is C31H44N4O7S. The highest BCUT2D eigenvalue weighted by Crippen LogP contribution is 2.32. The van der Waals surface area contributed by atoms with E-state index < -0.39 is 35.4 Å². The summed E-state index contributed by atoms with van der Waals surface area (Å²) in [5, 5.41) is 16.0. The number of likely N-dealkylation sites (tertiary alicyclic amines) is 1. The maximum Gasteiger partial charge on any atom is 0.246 e. The lowest BCUT2D eigenvalue weighted by Crippen LogP contribution is -2.57. The first kappa shape index (κ1) is 34.2. The first-order valence-corrected chi connectivity index (χ1v) is 15.3. The number of aliphatic hydroxyl groups is 1. The van der Waals surface area contributed by atoms with Crippen molar-refractivity contribution >= 4 is 29.1 Å². The molecule has 12 heteroatoms. The van der Waals surface area contributed by atoms with Gasteiger partial charge in [0.25, 0.3) is 0 Å². The van der Waals surface area contributed by atoms with Gasteiger partial charge in [-0.25, -0.2) is 4.98 Å². The number of nitrogens with one attached hydrogen (secondary N) is 2. The van der Waals surface area contributed by atoms with Crippen LogP contribution in [0, 0.1) is 12.3 Å². The SMILES string of the molecule is C=CCOCCOCCOc1cc(-c2scnc2C)ccc1CNC(=O)C1CC(O)CN1C(=O)C(NC(C)=O)C(C)(C)C. The van der Waals surface area contributed by atoms with Crippen molar-refractivity contribution in [3.63, 3.8) is 0 Å². The van der Waals surface area contributed by atoms with Crippen LogP contribution < -0.4 is 15.4 Å². The Morgan fingerprint density at radius 1 is 1.21 bits per heavy atom. The number of rotatable bonds is 15. The number of nitrogens with zero attached hydrogens (tertiary/aromatic N) is 2. The number of hydrogen-bond acceptors (Lipinski definition) is 9. The number of carbonyl (C=O) groups is 3. The number of thiazole rings is 1. The Morgan fingerprint density at radius 2 is 1.93 bits per heavy atom. The molecule has 2 aromatic rings. The Hall–Kier alpha value is -3.32. The molecule has 3 rings (SSSR count). The highest BCUT2D eigenvalue weighted by molar-refractivity contribution is 7.13. The van der Waals surface area contributed by atoms with E-state index in [0.717, 1.165) is 21.7 Å². The monoisotopic (exact) mass is 616 g/mol. The Morgan fingerprint density at radius 3 is 2.58 bits per heavy atom. The fraction of sp³-hybridized carbons (Fsp3) is 0.548. The van der Waals surface area contributed by atoms with Crippen LogP contribution in [-0.4, -0.2) is 90.5 Å². The number of hydrogen-bond donors (Lipinski definition) is 3. The summed E-state index contributed by atoms with van der Waals surface area (Å²) in [7, 11) is 0. The lowest BCUT2D eigenvalue weighted by Gasteiger charge is -2.35. The van der Waals surface area contributed by atoms with Crippen LogP contribution in [0.4, 0.5) is 0 Å². The van der Waals surface area contributed by atoms with Gasteiger partial charge in [-0.3, -0.25) is 14.4 Å². The number of aromatic nitrogens is 1. The zero-order valence-electron chi connectivity index (χ0n) is 25.7. The minimum atomic E-state index is -0.874. The number of ether oxygens (including phenoxy) is 3. The summed E-state index contributed by atoms with van der Waals surface area (Å²) in [6, 6.07) is 4.06. The molecule has 11 nitrogen and oxygen atoms in total. The molecule has 236 valence electrons. The van der Waals surface area contributed by atoms with E-state index in [2.05, 4.69) is 22.2 Å². The molecule has 3 amide bonds. The van der Waals surface area contributed by atoms with E-state index in [1.807, 2.05) is 45.9 Å². The molecule has 0 radical (unpaired) electrons. The summed E-state index contributed by atoms with van der Waals surface area (Å²) in [4.78, 5) is 45.5.